The van der Waals surface area contributed by atoms with Crippen molar-refractivity contribution in [2.75, 3.05) is 39.3 Å². The third-order valence-electron chi connectivity index (χ3n) is 5.48. The third-order valence-corrected chi connectivity index (χ3v) is 5.48. The summed E-state index contributed by atoms with van der Waals surface area (Å²) < 4.78 is 15.9. The van der Waals surface area contributed by atoms with Crippen molar-refractivity contribution in [3.63, 3.8) is 0 Å². The van der Waals surface area contributed by atoms with Gasteiger partial charge in [0.15, 0.2) is 11.5 Å². The van der Waals surface area contributed by atoms with Crippen LogP contribution < -0.4 is 19.1 Å². The third kappa shape index (κ3) is 3.26. The molecule has 0 N–H and O–H groups in total. The molecule has 2 aliphatic rings. The van der Waals surface area contributed by atoms with Crippen LogP contribution in [0.5, 0.6) is 17.2 Å². The van der Waals surface area contributed by atoms with Gasteiger partial charge in [0.2, 0.25) is 0 Å². The summed E-state index contributed by atoms with van der Waals surface area (Å²) in [4.78, 5) is 30.2. The second kappa shape index (κ2) is 8.10. The minimum absolute atomic E-state index is 0.308. The molecule has 0 saturated carbocycles. The molecule has 1 saturated heterocycles. The number of benzene rings is 2. The van der Waals surface area contributed by atoms with E-state index in [1.165, 1.54) is 4.90 Å². The van der Waals surface area contributed by atoms with Gasteiger partial charge in [-0.1, -0.05) is 6.07 Å². The minimum atomic E-state index is -0.348. The fraction of sp³-hybridized carbons (Fsp3) is 0.304. The van der Waals surface area contributed by atoms with Gasteiger partial charge in [-0.05, 0) is 54.8 Å². The summed E-state index contributed by atoms with van der Waals surface area (Å²) in [6.45, 7) is 1.50. The van der Waals surface area contributed by atoms with Crippen molar-refractivity contribution in [2.45, 2.75) is 12.8 Å². The average Bonchev–Trinajstić information content (AvgIpc) is 3.39. The Bertz CT molecular complexity index is 1010. The fourth-order valence-electron chi connectivity index (χ4n) is 3.97. The normalized spacial score (nSPS) is 16.5. The minimum Gasteiger partial charge on any atom is -0.497 e. The standard InChI is InChI=1S/C23H24N2O5/c1-28-17-9-7-16(8-10-17)25-22(26)20(21(23(25)27)24-12-4-5-13-24)15-6-11-18(29-2)19(14-15)30-3/h6-11,14H,4-5,12-13H2,1-3H3. The lowest BCUT2D eigenvalue weighted by Crippen LogP contribution is -2.34. The molecule has 0 aliphatic carbocycles. The fourth-order valence-corrected chi connectivity index (χ4v) is 3.97. The van der Waals surface area contributed by atoms with Crippen LogP contribution >= 0.6 is 0 Å². The number of nitrogens with zero attached hydrogens (tertiary/aromatic N) is 2. The van der Waals surface area contributed by atoms with Crippen LogP contribution in [0.1, 0.15) is 18.4 Å². The van der Waals surface area contributed by atoms with Crippen molar-refractivity contribution in [1.82, 2.24) is 4.90 Å². The van der Waals surface area contributed by atoms with Gasteiger partial charge in [0, 0.05) is 13.1 Å². The molecular weight excluding hydrogens is 384 g/mol. The molecule has 2 aliphatic heterocycles. The molecule has 0 radical (unpaired) electrons. The first kappa shape index (κ1) is 19.8. The number of carbonyl (C=O) groups excluding carboxylic acids is 2. The molecule has 0 bridgehead atoms. The van der Waals surface area contributed by atoms with Gasteiger partial charge in [0.1, 0.15) is 11.4 Å². The van der Waals surface area contributed by atoms with Crippen LogP contribution in [0.3, 0.4) is 0 Å². The van der Waals surface area contributed by atoms with Crippen LogP contribution in [0, 0.1) is 0 Å². The number of hydrogen-bond acceptors (Lipinski definition) is 6. The number of hydrogen-bond donors (Lipinski definition) is 0. The van der Waals surface area contributed by atoms with Gasteiger partial charge in [0.25, 0.3) is 11.8 Å². The maximum Gasteiger partial charge on any atom is 0.282 e. The van der Waals surface area contributed by atoms with Crippen molar-refractivity contribution in [1.29, 1.82) is 0 Å². The molecule has 7 heteroatoms. The highest BCUT2D eigenvalue weighted by Crippen LogP contribution is 2.39. The molecule has 2 aromatic carbocycles. The van der Waals surface area contributed by atoms with E-state index in [2.05, 4.69) is 0 Å². The second-order valence-corrected chi connectivity index (χ2v) is 7.13. The number of methoxy groups -OCH3 is 3. The molecule has 2 heterocycles. The van der Waals surface area contributed by atoms with Crippen LogP contribution in [-0.4, -0.2) is 51.1 Å². The zero-order valence-electron chi connectivity index (χ0n) is 17.3. The van der Waals surface area contributed by atoms with E-state index in [9.17, 15) is 9.59 Å². The molecule has 2 amide bonds. The van der Waals surface area contributed by atoms with E-state index in [0.29, 0.717) is 39.8 Å². The summed E-state index contributed by atoms with van der Waals surface area (Å²) in [7, 11) is 4.67. The van der Waals surface area contributed by atoms with Gasteiger partial charge >= 0.3 is 0 Å². The number of imide groups is 1. The van der Waals surface area contributed by atoms with E-state index in [4.69, 9.17) is 14.2 Å². The van der Waals surface area contributed by atoms with Crippen LogP contribution in [0.2, 0.25) is 0 Å². The Balaban J connectivity index is 1.81. The van der Waals surface area contributed by atoms with Crippen LogP contribution in [0.15, 0.2) is 48.2 Å². The lowest BCUT2D eigenvalue weighted by atomic mass is 10.0. The molecule has 156 valence electrons. The second-order valence-electron chi connectivity index (χ2n) is 7.13. The molecule has 0 spiro atoms. The largest absolute Gasteiger partial charge is 0.497 e. The maximum atomic E-state index is 13.5. The molecular formula is C23H24N2O5. The number of anilines is 1. The Labute approximate surface area is 175 Å². The summed E-state index contributed by atoms with van der Waals surface area (Å²) in [6.07, 6.45) is 1.99. The first-order valence-corrected chi connectivity index (χ1v) is 9.83. The Hall–Kier alpha value is -3.48. The van der Waals surface area contributed by atoms with Crippen molar-refractivity contribution in [2.24, 2.45) is 0 Å². The number of ether oxygens (including phenoxy) is 3. The van der Waals surface area contributed by atoms with E-state index in [-0.39, 0.29) is 11.8 Å². The van der Waals surface area contributed by atoms with Crippen molar-refractivity contribution in [3.05, 3.63) is 53.7 Å². The highest BCUT2D eigenvalue weighted by molar-refractivity contribution is 6.45. The lowest BCUT2D eigenvalue weighted by molar-refractivity contribution is -0.120. The first-order valence-electron chi connectivity index (χ1n) is 9.83. The summed E-state index contributed by atoms with van der Waals surface area (Å²) in [5, 5.41) is 0. The van der Waals surface area contributed by atoms with Gasteiger partial charge in [-0.25, -0.2) is 4.90 Å². The molecule has 1 fully saturated rings. The number of carbonyl (C=O) groups is 2. The highest BCUT2D eigenvalue weighted by Gasteiger charge is 2.43. The predicted molar refractivity (Wildman–Crippen MR) is 113 cm³/mol. The Morgan fingerprint density at radius 3 is 2.03 bits per heavy atom. The highest BCUT2D eigenvalue weighted by atomic mass is 16.5. The average molecular weight is 408 g/mol. The SMILES string of the molecule is COc1ccc(N2C(=O)C(c3ccc(OC)c(OC)c3)=C(N3CCCC3)C2=O)cc1. The van der Waals surface area contributed by atoms with Gasteiger partial charge in [-0.3, -0.25) is 9.59 Å². The molecule has 0 atom stereocenters. The number of likely N-dealkylation sites (tertiary alicyclic amines) is 1. The van der Waals surface area contributed by atoms with E-state index in [1.807, 2.05) is 4.90 Å². The number of rotatable bonds is 6. The molecule has 0 aromatic heterocycles. The summed E-state index contributed by atoms with van der Waals surface area (Å²) >= 11 is 0. The van der Waals surface area contributed by atoms with E-state index < -0.39 is 0 Å². The summed E-state index contributed by atoms with van der Waals surface area (Å²) in [6, 6.07) is 12.2. The molecule has 0 unspecified atom stereocenters. The van der Waals surface area contributed by atoms with Crippen LogP contribution in [0.4, 0.5) is 5.69 Å². The topological polar surface area (TPSA) is 68.3 Å². The van der Waals surface area contributed by atoms with E-state index in [1.54, 1.807) is 63.8 Å². The first-order chi connectivity index (χ1) is 14.6. The van der Waals surface area contributed by atoms with E-state index >= 15 is 0 Å². The summed E-state index contributed by atoms with van der Waals surface area (Å²) in [5.41, 5.74) is 1.97. The maximum absolute atomic E-state index is 13.5. The van der Waals surface area contributed by atoms with Gasteiger partial charge in [-0.2, -0.15) is 0 Å². The predicted octanol–water partition coefficient (Wildman–Crippen LogP) is 3.09. The smallest absolute Gasteiger partial charge is 0.282 e. The Kier molecular flexibility index (Phi) is 5.35. The van der Waals surface area contributed by atoms with Crippen molar-refractivity contribution < 1.29 is 23.8 Å². The molecule has 7 nitrogen and oxygen atoms in total. The van der Waals surface area contributed by atoms with E-state index in [0.717, 1.165) is 25.9 Å². The summed E-state index contributed by atoms with van der Waals surface area (Å²) in [5.74, 6) is 1.07. The molecule has 4 rings (SSSR count). The Morgan fingerprint density at radius 1 is 0.767 bits per heavy atom. The van der Waals surface area contributed by atoms with Crippen molar-refractivity contribution in [3.8, 4) is 17.2 Å². The zero-order valence-corrected chi connectivity index (χ0v) is 17.3. The lowest BCUT2D eigenvalue weighted by Gasteiger charge is -2.20. The van der Waals surface area contributed by atoms with Crippen molar-refractivity contribution >= 4 is 23.1 Å². The van der Waals surface area contributed by atoms with Crippen LogP contribution in [0.25, 0.3) is 5.57 Å². The quantitative estimate of drug-likeness (QED) is 0.685. The molecule has 2 aromatic rings. The van der Waals surface area contributed by atoms with Gasteiger partial charge < -0.3 is 19.1 Å². The monoisotopic (exact) mass is 408 g/mol. The van der Waals surface area contributed by atoms with Gasteiger partial charge in [-0.15, -0.1) is 0 Å². The van der Waals surface area contributed by atoms with Crippen LogP contribution in [-0.2, 0) is 9.59 Å². The number of amides is 2. The Morgan fingerprint density at radius 2 is 1.43 bits per heavy atom. The van der Waals surface area contributed by atoms with Gasteiger partial charge in [0.05, 0.1) is 32.6 Å². The molecule has 30 heavy (non-hydrogen) atoms. The zero-order chi connectivity index (χ0) is 21.3.